The maximum Gasteiger partial charge on any atom is 0.186 e. The minimum Gasteiger partial charge on any atom is -0.508 e. The maximum atomic E-state index is 13.5. The van der Waals surface area contributed by atoms with Crippen LogP contribution in [0, 0.1) is 11.6 Å². The van der Waals surface area contributed by atoms with Crippen LogP contribution >= 0.6 is 0 Å². The van der Waals surface area contributed by atoms with Crippen LogP contribution in [0.25, 0.3) is 22.4 Å². The van der Waals surface area contributed by atoms with E-state index in [1.54, 1.807) is 12.1 Å². The summed E-state index contributed by atoms with van der Waals surface area (Å²) < 4.78 is 26.5. The zero-order chi connectivity index (χ0) is 12.7. The van der Waals surface area contributed by atoms with Crippen molar-refractivity contribution in [3.8, 4) is 17.1 Å². The molecule has 3 nitrogen and oxygen atoms in total. The Hall–Kier alpha value is -2.43. The van der Waals surface area contributed by atoms with Gasteiger partial charge in [0.05, 0.1) is 5.52 Å². The fraction of sp³-hybridized carbons (Fsp3) is 0. The number of nitrogens with zero attached hydrogens (tertiary/aromatic N) is 1. The van der Waals surface area contributed by atoms with Gasteiger partial charge in [0.15, 0.2) is 11.6 Å². The third-order valence-corrected chi connectivity index (χ3v) is 2.69. The molecule has 0 fully saturated rings. The molecule has 2 aromatic carbocycles. The minimum absolute atomic E-state index is 0.0296. The lowest BCUT2D eigenvalue weighted by Crippen LogP contribution is -1.84. The molecule has 0 aliphatic heterocycles. The highest BCUT2D eigenvalue weighted by Gasteiger charge is 2.12. The van der Waals surface area contributed by atoms with E-state index in [9.17, 15) is 13.9 Å². The third kappa shape index (κ3) is 1.60. The number of hydrogen-bond donors (Lipinski definition) is 2. The van der Waals surface area contributed by atoms with Crippen LogP contribution < -0.4 is 0 Å². The summed E-state index contributed by atoms with van der Waals surface area (Å²) in [5, 5.41) is 9.18. The second kappa shape index (κ2) is 3.80. The lowest BCUT2D eigenvalue weighted by Gasteiger charge is -1.95. The van der Waals surface area contributed by atoms with Gasteiger partial charge < -0.3 is 10.1 Å². The van der Waals surface area contributed by atoms with Gasteiger partial charge in [0.2, 0.25) is 0 Å². The van der Waals surface area contributed by atoms with Gasteiger partial charge in [-0.05, 0) is 36.4 Å². The first-order chi connectivity index (χ1) is 8.65. The number of benzene rings is 2. The normalized spacial score (nSPS) is 11.0. The van der Waals surface area contributed by atoms with Crippen LogP contribution in [0.3, 0.4) is 0 Å². The zero-order valence-corrected chi connectivity index (χ0v) is 9.11. The number of hydrogen-bond acceptors (Lipinski definition) is 2. The summed E-state index contributed by atoms with van der Waals surface area (Å²) in [5.74, 6) is -1.33. The number of phenols is 1. The van der Waals surface area contributed by atoms with Gasteiger partial charge in [-0.1, -0.05) is 0 Å². The molecule has 0 spiro atoms. The first kappa shape index (κ1) is 10.7. The van der Waals surface area contributed by atoms with Gasteiger partial charge in [-0.15, -0.1) is 0 Å². The molecule has 5 heteroatoms. The molecular weight excluding hydrogens is 238 g/mol. The summed E-state index contributed by atoms with van der Waals surface area (Å²) in [7, 11) is 0. The number of halogens is 2. The zero-order valence-electron chi connectivity index (χ0n) is 9.11. The maximum absolute atomic E-state index is 13.5. The van der Waals surface area contributed by atoms with Crippen molar-refractivity contribution in [3.05, 3.63) is 48.0 Å². The summed E-state index contributed by atoms with van der Waals surface area (Å²) in [6.07, 6.45) is 0. The molecule has 0 saturated heterocycles. The van der Waals surface area contributed by atoms with E-state index >= 15 is 0 Å². The van der Waals surface area contributed by atoms with Crippen molar-refractivity contribution in [2.45, 2.75) is 0 Å². The summed E-state index contributed by atoms with van der Waals surface area (Å²) >= 11 is 0. The Balaban J connectivity index is 2.19. The fourth-order valence-electron chi connectivity index (χ4n) is 1.77. The summed E-state index contributed by atoms with van der Waals surface area (Å²) in [6.45, 7) is 0. The standard InChI is InChI=1S/C13H8F2N2O/c14-9-5-6-10-12(11(9)15)17-13(16-10)7-1-3-8(18)4-2-7/h1-6,18H,(H,16,17). The number of aromatic nitrogens is 2. The smallest absolute Gasteiger partial charge is 0.186 e. The van der Waals surface area contributed by atoms with Gasteiger partial charge in [-0.3, -0.25) is 0 Å². The molecule has 0 radical (unpaired) electrons. The Morgan fingerprint density at radius 2 is 1.72 bits per heavy atom. The van der Waals surface area contributed by atoms with Gasteiger partial charge in [-0.25, -0.2) is 13.8 Å². The molecule has 0 saturated carbocycles. The average molecular weight is 246 g/mol. The Labute approximate surface area is 101 Å². The van der Waals surface area contributed by atoms with Gasteiger partial charge in [0.1, 0.15) is 17.1 Å². The molecule has 0 aliphatic rings. The Kier molecular flexibility index (Phi) is 2.26. The molecule has 3 rings (SSSR count). The number of phenolic OH excluding ortho intramolecular Hbond substituents is 1. The monoisotopic (exact) mass is 246 g/mol. The van der Waals surface area contributed by atoms with Gasteiger partial charge in [0.25, 0.3) is 0 Å². The van der Waals surface area contributed by atoms with Crippen LogP contribution in [0.2, 0.25) is 0 Å². The molecule has 18 heavy (non-hydrogen) atoms. The predicted molar refractivity (Wildman–Crippen MR) is 63.1 cm³/mol. The van der Waals surface area contributed by atoms with Crippen LogP contribution in [0.4, 0.5) is 8.78 Å². The van der Waals surface area contributed by atoms with Crippen LogP contribution in [0.1, 0.15) is 0 Å². The molecule has 0 aliphatic carbocycles. The van der Waals surface area contributed by atoms with E-state index in [-0.39, 0.29) is 11.3 Å². The number of nitrogens with one attached hydrogen (secondary N) is 1. The summed E-state index contributed by atoms with van der Waals surface area (Å²) in [6, 6.07) is 8.77. The van der Waals surface area contributed by atoms with E-state index in [2.05, 4.69) is 9.97 Å². The minimum atomic E-state index is -0.964. The van der Waals surface area contributed by atoms with Gasteiger partial charge in [0, 0.05) is 5.56 Å². The second-order valence-electron chi connectivity index (χ2n) is 3.89. The van der Waals surface area contributed by atoms with Crippen molar-refractivity contribution < 1.29 is 13.9 Å². The van der Waals surface area contributed by atoms with Gasteiger partial charge >= 0.3 is 0 Å². The first-order valence-corrected chi connectivity index (χ1v) is 5.28. The summed E-state index contributed by atoms with van der Waals surface area (Å²) in [5.41, 5.74) is 1.08. The molecule has 0 amide bonds. The highest BCUT2D eigenvalue weighted by atomic mass is 19.2. The SMILES string of the molecule is Oc1ccc(-c2nc3c(F)c(F)ccc3[nH]2)cc1. The number of rotatable bonds is 1. The number of aromatic hydroxyl groups is 1. The van der Waals surface area contributed by atoms with Crippen LogP contribution in [-0.2, 0) is 0 Å². The topological polar surface area (TPSA) is 48.9 Å². The van der Waals surface area contributed by atoms with Crippen molar-refractivity contribution in [1.82, 2.24) is 9.97 Å². The average Bonchev–Trinajstić information content (AvgIpc) is 2.80. The number of imidazole rings is 1. The fourth-order valence-corrected chi connectivity index (χ4v) is 1.77. The predicted octanol–water partition coefficient (Wildman–Crippen LogP) is 3.21. The van der Waals surface area contributed by atoms with Crippen LogP contribution in [0.15, 0.2) is 36.4 Å². The van der Waals surface area contributed by atoms with Crippen molar-refractivity contribution >= 4 is 11.0 Å². The third-order valence-electron chi connectivity index (χ3n) is 2.69. The molecule has 0 unspecified atom stereocenters. The molecule has 3 aromatic rings. The van der Waals surface area contributed by atoms with E-state index in [0.717, 1.165) is 6.07 Å². The molecule has 2 N–H and O–H groups in total. The lowest BCUT2D eigenvalue weighted by molar-refractivity contribution is 0.475. The molecule has 0 atom stereocenters. The number of fused-ring (bicyclic) bond motifs is 1. The Morgan fingerprint density at radius 3 is 2.44 bits per heavy atom. The Morgan fingerprint density at radius 1 is 1.00 bits per heavy atom. The van der Waals surface area contributed by atoms with Crippen molar-refractivity contribution in [1.29, 1.82) is 0 Å². The van der Waals surface area contributed by atoms with Crippen molar-refractivity contribution in [2.24, 2.45) is 0 Å². The number of H-pyrrole nitrogens is 1. The molecule has 1 aromatic heterocycles. The molecule has 0 bridgehead atoms. The van der Waals surface area contributed by atoms with Crippen molar-refractivity contribution in [2.75, 3.05) is 0 Å². The van der Waals surface area contributed by atoms with Crippen LogP contribution in [0.5, 0.6) is 5.75 Å². The highest BCUT2D eigenvalue weighted by molar-refractivity contribution is 5.80. The van der Waals surface area contributed by atoms with Crippen LogP contribution in [-0.4, -0.2) is 15.1 Å². The number of aromatic amines is 1. The summed E-state index contributed by atoms with van der Waals surface area (Å²) in [4.78, 5) is 6.92. The van der Waals surface area contributed by atoms with Gasteiger partial charge in [-0.2, -0.15) is 0 Å². The van der Waals surface area contributed by atoms with Crippen molar-refractivity contribution in [3.63, 3.8) is 0 Å². The second-order valence-corrected chi connectivity index (χ2v) is 3.89. The first-order valence-electron chi connectivity index (χ1n) is 5.28. The lowest BCUT2D eigenvalue weighted by atomic mass is 10.2. The molecule has 1 heterocycles. The van der Waals surface area contributed by atoms with E-state index < -0.39 is 11.6 Å². The largest absolute Gasteiger partial charge is 0.508 e. The van der Waals surface area contributed by atoms with E-state index in [4.69, 9.17) is 0 Å². The molecule has 90 valence electrons. The molecular formula is C13H8F2N2O. The quantitative estimate of drug-likeness (QED) is 0.692. The Bertz CT molecular complexity index is 720. The van der Waals surface area contributed by atoms with E-state index in [1.165, 1.54) is 18.2 Å². The highest BCUT2D eigenvalue weighted by Crippen LogP contribution is 2.24. The van der Waals surface area contributed by atoms with E-state index in [1.807, 2.05) is 0 Å². The van der Waals surface area contributed by atoms with E-state index in [0.29, 0.717) is 16.9 Å².